The van der Waals surface area contributed by atoms with Crippen LogP contribution in [0.15, 0.2) is 107 Å². The number of nitrogens with one attached hydrogen (secondary N) is 2. The maximum absolute atomic E-state index is 13.1. The summed E-state index contributed by atoms with van der Waals surface area (Å²) in [6, 6.07) is 26.4. The first-order valence-corrected chi connectivity index (χ1v) is 21.3. The van der Waals surface area contributed by atoms with Crippen LogP contribution in [0, 0.1) is 11.6 Å². The lowest BCUT2D eigenvalue weighted by Crippen LogP contribution is -2.46. The second-order valence-corrected chi connectivity index (χ2v) is 16.4. The van der Waals surface area contributed by atoms with Crippen molar-refractivity contribution in [2.75, 3.05) is 87.6 Å². The third kappa shape index (κ3) is 10.6. The summed E-state index contributed by atoms with van der Waals surface area (Å²) < 4.78 is 32.6. The largest absolute Gasteiger partial charge is 0.492 e. The molecule has 0 spiro atoms. The molecule has 4 heterocycles. The molecule has 290 valence electrons. The zero-order valence-corrected chi connectivity index (χ0v) is 34.1. The first-order valence-electron chi connectivity index (χ1n) is 19.1. The topological polar surface area (TPSA) is 53.8 Å². The van der Waals surface area contributed by atoms with Gasteiger partial charge in [0.25, 0.3) is 0 Å². The van der Waals surface area contributed by atoms with Crippen LogP contribution in [0.3, 0.4) is 0 Å². The molecule has 7 nitrogen and oxygen atoms in total. The van der Waals surface area contributed by atoms with E-state index in [1.165, 1.54) is 57.4 Å². The lowest BCUT2D eigenvalue weighted by molar-refractivity contribution is 0.238. The van der Waals surface area contributed by atoms with Crippen LogP contribution >= 0.6 is 39.3 Å². The summed E-state index contributed by atoms with van der Waals surface area (Å²) in [5.74, 6) is 1.16. The number of fused-ring (bicyclic) bond motifs is 2. The van der Waals surface area contributed by atoms with E-state index >= 15 is 0 Å². The first kappa shape index (κ1) is 39.5. The maximum Gasteiger partial charge on any atom is 0.133 e. The highest BCUT2D eigenvalue weighted by molar-refractivity contribution is 9.10. The van der Waals surface area contributed by atoms with Gasteiger partial charge in [-0.15, -0.1) is 11.8 Å². The molecule has 2 aliphatic rings. The van der Waals surface area contributed by atoms with Crippen molar-refractivity contribution in [2.45, 2.75) is 24.2 Å². The zero-order valence-electron chi connectivity index (χ0n) is 31.0. The van der Waals surface area contributed by atoms with Gasteiger partial charge in [0.05, 0.1) is 16.1 Å². The van der Waals surface area contributed by atoms with E-state index in [0.29, 0.717) is 21.9 Å². The van der Waals surface area contributed by atoms with E-state index in [9.17, 15) is 8.78 Å². The lowest BCUT2D eigenvalue weighted by Gasteiger charge is -2.36. The number of unbranched alkanes of at least 4 members (excludes halogenated alkanes) is 1. The third-order valence-electron chi connectivity index (χ3n) is 10.4. The van der Waals surface area contributed by atoms with E-state index in [4.69, 9.17) is 16.3 Å². The molecule has 0 bridgehead atoms. The molecule has 2 aromatic heterocycles. The molecule has 55 heavy (non-hydrogen) atoms. The van der Waals surface area contributed by atoms with Crippen LogP contribution < -0.4 is 14.5 Å². The molecule has 0 unspecified atom stereocenters. The molecule has 2 saturated heterocycles. The van der Waals surface area contributed by atoms with Gasteiger partial charge in [-0.05, 0) is 127 Å². The fraction of sp³-hybridized carbons (Fsp3) is 0.349. The molecular formula is C43H48BrClF2N6OS. The van der Waals surface area contributed by atoms with E-state index in [-0.39, 0.29) is 11.6 Å². The van der Waals surface area contributed by atoms with Gasteiger partial charge in [-0.2, -0.15) is 0 Å². The number of aromatic amines is 2. The number of rotatable bonds is 13. The van der Waals surface area contributed by atoms with Crippen molar-refractivity contribution in [3.63, 3.8) is 0 Å². The summed E-state index contributed by atoms with van der Waals surface area (Å²) in [5.41, 5.74) is 5.06. The summed E-state index contributed by atoms with van der Waals surface area (Å²) in [6.07, 6.45) is 7.22. The van der Waals surface area contributed by atoms with Gasteiger partial charge < -0.3 is 24.5 Å². The Morgan fingerprint density at radius 2 is 1.22 bits per heavy atom. The van der Waals surface area contributed by atoms with Crippen LogP contribution in [0.1, 0.15) is 19.3 Å². The number of ether oxygens (including phenoxy) is 1. The van der Waals surface area contributed by atoms with E-state index in [0.717, 1.165) is 95.4 Å². The Morgan fingerprint density at radius 3 is 1.80 bits per heavy atom. The first-order chi connectivity index (χ1) is 26.9. The summed E-state index contributed by atoms with van der Waals surface area (Å²) in [6.45, 7) is 11.4. The van der Waals surface area contributed by atoms with Gasteiger partial charge >= 0.3 is 0 Å². The van der Waals surface area contributed by atoms with Gasteiger partial charge in [0.2, 0.25) is 0 Å². The Hall–Kier alpha value is -3.74. The van der Waals surface area contributed by atoms with Crippen molar-refractivity contribution in [3.05, 3.63) is 118 Å². The van der Waals surface area contributed by atoms with Crippen LogP contribution in [-0.4, -0.2) is 97.6 Å². The molecule has 0 aliphatic carbocycles. The predicted molar refractivity (Wildman–Crippen MR) is 229 cm³/mol. The van der Waals surface area contributed by atoms with Crippen LogP contribution in [-0.2, 0) is 0 Å². The van der Waals surface area contributed by atoms with Gasteiger partial charge in [-0.1, -0.05) is 23.7 Å². The second-order valence-electron chi connectivity index (χ2n) is 14.0. The summed E-state index contributed by atoms with van der Waals surface area (Å²) in [4.78, 5) is 17.6. The maximum atomic E-state index is 13.1. The van der Waals surface area contributed by atoms with Crippen LogP contribution in [0.4, 0.5) is 20.2 Å². The number of aromatic nitrogens is 2. The Labute approximate surface area is 340 Å². The minimum absolute atomic E-state index is 0.258. The fourth-order valence-electron chi connectivity index (χ4n) is 7.39. The molecule has 0 radical (unpaired) electrons. The van der Waals surface area contributed by atoms with Crippen molar-refractivity contribution in [1.82, 2.24) is 19.8 Å². The Kier molecular flexibility index (Phi) is 13.9. The van der Waals surface area contributed by atoms with Crippen molar-refractivity contribution in [3.8, 4) is 5.75 Å². The number of nitrogens with zero attached hydrogens (tertiary/aromatic N) is 4. The molecule has 2 N–H and O–H groups in total. The SMILES string of the molecule is Fc1ccc(OCCCCN2CCN(c3cccc4[nH]ccc34)CC2)c(Br)c1.Fc1ccc(SCCCN2CCN(c3cccc4[nH]ccc34)CC2)c(Cl)c1. The molecule has 8 rings (SSSR count). The molecular weight excluding hydrogens is 802 g/mol. The van der Waals surface area contributed by atoms with Crippen LogP contribution in [0.25, 0.3) is 21.8 Å². The quantitative estimate of drug-likeness (QED) is 0.0892. The smallest absolute Gasteiger partial charge is 0.133 e. The molecule has 0 atom stereocenters. The van der Waals surface area contributed by atoms with Crippen molar-refractivity contribution < 1.29 is 13.5 Å². The molecule has 6 aromatic rings. The Morgan fingerprint density at radius 1 is 0.655 bits per heavy atom. The van der Waals surface area contributed by atoms with E-state index in [2.05, 4.69) is 94.0 Å². The van der Waals surface area contributed by atoms with Crippen LogP contribution in [0.5, 0.6) is 5.75 Å². The normalized spacial score (nSPS) is 15.4. The number of benzene rings is 4. The molecule has 0 amide bonds. The summed E-state index contributed by atoms with van der Waals surface area (Å²) in [5, 5.41) is 3.12. The highest BCUT2D eigenvalue weighted by Gasteiger charge is 2.20. The highest BCUT2D eigenvalue weighted by atomic mass is 79.9. The van der Waals surface area contributed by atoms with Crippen molar-refractivity contribution >= 4 is 72.5 Å². The van der Waals surface area contributed by atoms with Gasteiger partial charge in [0.15, 0.2) is 0 Å². The van der Waals surface area contributed by atoms with Crippen LogP contribution in [0.2, 0.25) is 5.02 Å². The van der Waals surface area contributed by atoms with Crippen molar-refractivity contribution in [2.24, 2.45) is 0 Å². The average Bonchev–Trinajstić information content (AvgIpc) is 3.89. The standard InChI is InChI=1S/C22H25BrFN3O.C21H23ClFN3S/c23-19-16-17(24)6-7-22(19)28-15-2-1-10-26-11-13-27(14-12-26)21-5-3-4-20-18(21)8-9-25-20;22-18-15-16(23)5-6-21(18)27-14-2-9-25-10-12-26(13-11-25)20-4-1-3-19-17(20)7-8-24-19/h3-9,16,25H,1-2,10-15H2;1,3-8,15,24H,2,9-14H2. The summed E-state index contributed by atoms with van der Waals surface area (Å²) in [7, 11) is 0. The second kappa shape index (κ2) is 19.4. The minimum atomic E-state index is -0.280. The number of hydrogen-bond acceptors (Lipinski definition) is 6. The lowest BCUT2D eigenvalue weighted by atomic mass is 10.1. The highest BCUT2D eigenvalue weighted by Crippen LogP contribution is 2.30. The predicted octanol–water partition coefficient (Wildman–Crippen LogP) is 10.3. The summed E-state index contributed by atoms with van der Waals surface area (Å²) >= 11 is 11.1. The number of anilines is 2. The van der Waals surface area contributed by atoms with Gasteiger partial charge in [-0.3, -0.25) is 9.80 Å². The number of halogens is 4. The minimum Gasteiger partial charge on any atom is -0.492 e. The van der Waals surface area contributed by atoms with E-state index < -0.39 is 0 Å². The monoisotopic (exact) mass is 848 g/mol. The van der Waals surface area contributed by atoms with Gasteiger partial charge in [0.1, 0.15) is 17.4 Å². The van der Waals surface area contributed by atoms with Gasteiger partial charge in [-0.25, -0.2) is 8.78 Å². The number of hydrogen-bond donors (Lipinski definition) is 2. The van der Waals surface area contributed by atoms with E-state index in [1.807, 2.05) is 12.4 Å². The Balaban J connectivity index is 0.000000169. The zero-order chi connectivity index (χ0) is 38.0. The fourth-order valence-corrected chi connectivity index (χ4v) is 9.04. The molecule has 12 heteroatoms. The third-order valence-corrected chi connectivity index (χ3v) is 12.6. The van der Waals surface area contributed by atoms with E-state index in [1.54, 1.807) is 23.9 Å². The Bertz CT molecular complexity index is 2130. The number of H-pyrrole nitrogens is 2. The van der Waals surface area contributed by atoms with Crippen molar-refractivity contribution in [1.29, 1.82) is 0 Å². The number of thioether (sulfide) groups is 1. The molecule has 2 fully saturated rings. The molecule has 0 saturated carbocycles. The van der Waals surface area contributed by atoms with Gasteiger partial charge in [0, 0.05) is 103 Å². The molecule has 4 aromatic carbocycles. The number of piperazine rings is 2. The molecule has 2 aliphatic heterocycles. The average molecular weight is 850 g/mol.